The Kier molecular flexibility index (Phi) is 4.83. The van der Waals surface area contributed by atoms with Gasteiger partial charge in [-0.2, -0.15) is 5.10 Å². The van der Waals surface area contributed by atoms with Crippen LogP contribution in [0.5, 0.6) is 0 Å². The number of carbonyl (C=O) groups excluding carboxylic acids is 1. The van der Waals surface area contributed by atoms with Crippen LogP contribution in [0.2, 0.25) is 0 Å². The second-order valence-electron chi connectivity index (χ2n) is 5.64. The summed E-state index contributed by atoms with van der Waals surface area (Å²) in [6.07, 6.45) is 5.51. The van der Waals surface area contributed by atoms with Gasteiger partial charge in [-0.25, -0.2) is 9.07 Å². The highest BCUT2D eigenvalue weighted by Crippen LogP contribution is 2.18. The van der Waals surface area contributed by atoms with Crippen LogP contribution in [0, 0.1) is 19.7 Å². The van der Waals surface area contributed by atoms with Crippen molar-refractivity contribution in [2.75, 3.05) is 6.54 Å². The molecule has 0 aliphatic heterocycles. The van der Waals surface area contributed by atoms with E-state index in [2.05, 4.69) is 20.4 Å². The maximum Gasteiger partial charge on any atom is 0.255 e. The van der Waals surface area contributed by atoms with Crippen LogP contribution in [0.25, 0.3) is 5.69 Å². The van der Waals surface area contributed by atoms with Crippen molar-refractivity contribution in [3.8, 4) is 5.69 Å². The van der Waals surface area contributed by atoms with Gasteiger partial charge in [-0.15, -0.1) is 0 Å². The second-order valence-corrected chi connectivity index (χ2v) is 5.64. The van der Waals surface area contributed by atoms with E-state index >= 15 is 0 Å². The fraction of sp³-hybridized carbons (Fsp3) is 0.222. The van der Waals surface area contributed by atoms with Crippen molar-refractivity contribution < 1.29 is 9.18 Å². The lowest BCUT2D eigenvalue weighted by molar-refractivity contribution is 0.0953. The fourth-order valence-corrected chi connectivity index (χ4v) is 2.66. The number of carbonyl (C=O) groups is 1. The van der Waals surface area contributed by atoms with Crippen LogP contribution in [-0.4, -0.2) is 32.2 Å². The van der Waals surface area contributed by atoms with Crippen molar-refractivity contribution in [2.45, 2.75) is 20.3 Å². The predicted octanol–water partition coefficient (Wildman–Crippen LogP) is 2.39. The van der Waals surface area contributed by atoms with Gasteiger partial charge in [0.1, 0.15) is 5.82 Å². The first kappa shape index (κ1) is 16.8. The molecule has 0 bridgehead atoms. The number of benzene rings is 1. The summed E-state index contributed by atoms with van der Waals surface area (Å²) in [4.78, 5) is 20.7. The SMILES string of the molecule is Cc1nn(-c2ccc(F)cc2)c(C)c1C(=O)NCCc1cnccn1. The molecule has 6 nitrogen and oxygen atoms in total. The number of rotatable bonds is 5. The summed E-state index contributed by atoms with van der Waals surface area (Å²) in [7, 11) is 0. The predicted molar refractivity (Wildman–Crippen MR) is 91.1 cm³/mol. The third-order valence-corrected chi connectivity index (χ3v) is 3.87. The topological polar surface area (TPSA) is 72.7 Å². The summed E-state index contributed by atoms with van der Waals surface area (Å²) in [6, 6.07) is 5.99. The van der Waals surface area contributed by atoms with Gasteiger partial charge in [-0.1, -0.05) is 0 Å². The van der Waals surface area contributed by atoms with E-state index in [9.17, 15) is 9.18 Å². The van der Waals surface area contributed by atoms with Crippen molar-refractivity contribution >= 4 is 5.91 Å². The van der Waals surface area contributed by atoms with Gasteiger partial charge in [0.2, 0.25) is 0 Å². The zero-order chi connectivity index (χ0) is 17.8. The van der Waals surface area contributed by atoms with Crippen LogP contribution < -0.4 is 5.32 Å². The fourth-order valence-electron chi connectivity index (χ4n) is 2.66. The van der Waals surface area contributed by atoms with E-state index in [0.29, 0.717) is 35.6 Å². The Bertz CT molecular complexity index is 874. The molecule has 1 amide bonds. The summed E-state index contributed by atoms with van der Waals surface area (Å²) in [5, 5.41) is 7.29. The Hall–Kier alpha value is -3.09. The minimum absolute atomic E-state index is 0.188. The number of nitrogens with one attached hydrogen (secondary N) is 1. The van der Waals surface area contributed by atoms with Crippen LogP contribution in [0.4, 0.5) is 4.39 Å². The van der Waals surface area contributed by atoms with Crippen molar-refractivity contribution in [3.05, 3.63) is 71.3 Å². The normalized spacial score (nSPS) is 10.7. The van der Waals surface area contributed by atoms with Crippen LogP contribution >= 0.6 is 0 Å². The largest absolute Gasteiger partial charge is 0.352 e. The van der Waals surface area contributed by atoms with E-state index in [4.69, 9.17) is 0 Å². The molecule has 3 aromatic rings. The molecule has 2 aromatic heterocycles. The molecule has 1 aromatic carbocycles. The quantitative estimate of drug-likeness (QED) is 0.775. The minimum Gasteiger partial charge on any atom is -0.352 e. The van der Waals surface area contributed by atoms with Crippen molar-refractivity contribution in [1.82, 2.24) is 25.1 Å². The Labute approximate surface area is 144 Å². The van der Waals surface area contributed by atoms with Gasteiger partial charge >= 0.3 is 0 Å². The molecule has 0 fully saturated rings. The molecule has 128 valence electrons. The first-order chi connectivity index (χ1) is 12.1. The summed E-state index contributed by atoms with van der Waals surface area (Å²) in [5.74, 6) is -0.500. The van der Waals surface area contributed by atoms with E-state index in [1.165, 1.54) is 12.1 Å². The zero-order valence-electron chi connectivity index (χ0n) is 14.0. The third-order valence-electron chi connectivity index (χ3n) is 3.87. The molecule has 0 radical (unpaired) electrons. The average molecular weight is 339 g/mol. The van der Waals surface area contributed by atoms with Crippen LogP contribution in [0.3, 0.4) is 0 Å². The number of aromatic nitrogens is 4. The van der Waals surface area contributed by atoms with E-state index in [0.717, 1.165) is 5.69 Å². The molecule has 0 aliphatic rings. The second kappa shape index (κ2) is 7.21. The van der Waals surface area contributed by atoms with Crippen molar-refractivity contribution in [2.24, 2.45) is 0 Å². The Morgan fingerprint density at radius 1 is 1.20 bits per heavy atom. The number of nitrogens with zero attached hydrogens (tertiary/aromatic N) is 4. The molecular formula is C18H18FN5O. The lowest BCUT2D eigenvalue weighted by atomic mass is 10.1. The number of hydrogen-bond acceptors (Lipinski definition) is 4. The van der Waals surface area contributed by atoms with E-state index in [-0.39, 0.29) is 11.7 Å². The van der Waals surface area contributed by atoms with Gasteiger partial charge in [0.25, 0.3) is 5.91 Å². The molecular weight excluding hydrogens is 321 g/mol. The van der Waals surface area contributed by atoms with Gasteiger partial charge in [0, 0.05) is 31.6 Å². The molecule has 0 unspecified atom stereocenters. The molecule has 0 spiro atoms. The number of halogens is 1. The molecule has 7 heteroatoms. The summed E-state index contributed by atoms with van der Waals surface area (Å²) in [6.45, 7) is 4.06. The van der Waals surface area contributed by atoms with Gasteiger partial charge in [0.05, 0.1) is 28.3 Å². The average Bonchev–Trinajstić information content (AvgIpc) is 2.91. The Balaban J connectivity index is 1.73. The van der Waals surface area contributed by atoms with E-state index in [1.807, 2.05) is 6.92 Å². The minimum atomic E-state index is -0.313. The maximum absolute atomic E-state index is 13.1. The van der Waals surface area contributed by atoms with Gasteiger partial charge < -0.3 is 5.32 Å². The summed E-state index contributed by atoms with van der Waals surface area (Å²) < 4.78 is 14.7. The molecule has 1 N–H and O–H groups in total. The number of amides is 1. The van der Waals surface area contributed by atoms with Crippen LogP contribution in [0.1, 0.15) is 27.4 Å². The van der Waals surface area contributed by atoms with Gasteiger partial charge in [-0.05, 0) is 38.1 Å². The Morgan fingerprint density at radius 2 is 1.96 bits per heavy atom. The van der Waals surface area contributed by atoms with E-state index in [1.54, 1.807) is 42.3 Å². The zero-order valence-corrected chi connectivity index (χ0v) is 14.0. The van der Waals surface area contributed by atoms with Crippen LogP contribution in [-0.2, 0) is 6.42 Å². The third kappa shape index (κ3) is 3.71. The summed E-state index contributed by atoms with van der Waals surface area (Å²) in [5.41, 5.74) is 3.39. The van der Waals surface area contributed by atoms with Crippen LogP contribution in [0.15, 0.2) is 42.9 Å². The molecule has 0 saturated carbocycles. The molecule has 25 heavy (non-hydrogen) atoms. The Morgan fingerprint density at radius 3 is 2.64 bits per heavy atom. The van der Waals surface area contributed by atoms with E-state index < -0.39 is 0 Å². The highest BCUT2D eigenvalue weighted by Gasteiger charge is 2.19. The molecule has 2 heterocycles. The highest BCUT2D eigenvalue weighted by atomic mass is 19.1. The monoisotopic (exact) mass is 339 g/mol. The summed E-state index contributed by atoms with van der Waals surface area (Å²) >= 11 is 0. The van der Waals surface area contributed by atoms with Crippen molar-refractivity contribution in [1.29, 1.82) is 0 Å². The lowest BCUT2D eigenvalue weighted by Gasteiger charge is -2.07. The highest BCUT2D eigenvalue weighted by molar-refractivity contribution is 5.96. The number of aryl methyl sites for hydroxylation is 1. The smallest absolute Gasteiger partial charge is 0.255 e. The molecule has 0 aliphatic carbocycles. The maximum atomic E-state index is 13.1. The molecule has 0 saturated heterocycles. The van der Waals surface area contributed by atoms with Gasteiger partial charge in [0.15, 0.2) is 0 Å². The first-order valence-corrected chi connectivity index (χ1v) is 7.91. The first-order valence-electron chi connectivity index (χ1n) is 7.91. The molecule has 3 rings (SSSR count). The lowest BCUT2D eigenvalue weighted by Crippen LogP contribution is -2.27. The standard InChI is InChI=1S/C18H18FN5O/c1-12-17(18(25)22-8-7-15-11-20-9-10-21-15)13(2)24(23-12)16-5-3-14(19)4-6-16/h3-6,9-11H,7-8H2,1-2H3,(H,22,25). The number of hydrogen-bond donors (Lipinski definition) is 1. The molecule has 0 atom stereocenters. The van der Waals surface area contributed by atoms with Gasteiger partial charge in [-0.3, -0.25) is 14.8 Å². The van der Waals surface area contributed by atoms with Crippen molar-refractivity contribution in [3.63, 3.8) is 0 Å².